The Bertz CT molecular complexity index is 757. The summed E-state index contributed by atoms with van der Waals surface area (Å²) in [4.78, 5) is 41.0. The third kappa shape index (κ3) is 4.24. The Balaban J connectivity index is 1.60. The van der Waals surface area contributed by atoms with Crippen molar-refractivity contribution >= 4 is 17.7 Å². The lowest BCUT2D eigenvalue weighted by Crippen LogP contribution is -2.37. The van der Waals surface area contributed by atoms with Crippen molar-refractivity contribution in [2.24, 2.45) is 11.8 Å². The summed E-state index contributed by atoms with van der Waals surface area (Å²) >= 11 is 0. The second-order valence-electron chi connectivity index (χ2n) is 7.70. The summed E-state index contributed by atoms with van der Waals surface area (Å²) in [7, 11) is 0. The number of nitrogens with zero attached hydrogens (tertiary/aromatic N) is 3. The Kier molecular flexibility index (Phi) is 6.45. The van der Waals surface area contributed by atoms with E-state index in [1.54, 1.807) is 17.0 Å². The number of fused-ring (bicyclic) bond motifs is 1. The molecule has 0 aromatic heterocycles. The standard InChI is InChI=1S/C22H27N3O3/c1-2-12-24(15-17-9-7-16(14-23)8-10-17)20(26)11-13-25-21(27)18-5-3-4-6-19(18)22(25)28/h7-10,18-19H,2-6,11-13,15H2,1H3. The summed E-state index contributed by atoms with van der Waals surface area (Å²) in [6.45, 7) is 3.27. The van der Waals surface area contributed by atoms with Crippen molar-refractivity contribution in [1.82, 2.24) is 9.80 Å². The van der Waals surface area contributed by atoms with Crippen LogP contribution in [-0.4, -0.2) is 40.6 Å². The predicted octanol–water partition coefficient (Wildman–Crippen LogP) is 2.86. The number of hydrogen-bond acceptors (Lipinski definition) is 4. The average molecular weight is 381 g/mol. The molecule has 1 saturated carbocycles. The fraction of sp³-hybridized carbons (Fsp3) is 0.545. The molecular formula is C22H27N3O3. The number of benzene rings is 1. The van der Waals surface area contributed by atoms with Crippen molar-refractivity contribution in [2.45, 2.75) is 52.0 Å². The molecule has 1 aromatic carbocycles. The highest BCUT2D eigenvalue weighted by molar-refractivity contribution is 6.05. The van der Waals surface area contributed by atoms with E-state index in [4.69, 9.17) is 5.26 Å². The number of rotatable bonds is 7. The third-order valence-electron chi connectivity index (χ3n) is 5.78. The minimum absolute atomic E-state index is 0.0540. The summed E-state index contributed by atoms with van der Waals surface area (Å²) in [5, 5.41) is 8.90. The lowest BCUT2D eigenvalue weighted by molar-refractivity contribution is -0.141. The largest absolute Gasteiger partial charge is 0.338 e. The Morgan fingerprint density at radius 3 is 2.29 bits per heavy atom. The van der Waals surface area contributed by atoms with Gasteiger partial charge in [0.1, 0.15) is 0 Å². The first-order valence-corrected chi connectivity index (χ1v) is 10.2. The van der Waals surface area contributed by atoms with Gasteiger partial charge in [0.15, 0.2) is 0 Å². The molecule has 148 valence electrons. The Hall–Kier alpha value is -2.68. The van der Waals surface area contributed by atoms with Crippen molar-refractivity contribution in [3.05, 3.63) is 35.4 Å². The van der Waals surface area contributed by atoms with Crippen LogP contribution in [0.15, 0.2) is 24.3 Å². The van der Waals surface area contributed by atoms with Gasteiger partial charge in [-0.05, 0) is 37.0 Å². The lowest BCUT2D eigenvalue weighted by atomic mass is 9.81. The molecule has 0 radical (unpaired) electrons. The van der Waals surface area contributed by atoms with Crippen LogP contribution in [0.5, 0.6) is 0 Å². The van der Waals surface area contributed by atoms with E-state index in [9.17, 15) is 14.4 Å². The van der Waals surface area contributed by atoms with Crippen LogP contribution in [0.25, 0.3) is 0 Å². The predicted molar refractivity (Wildman–Crippen MR) is 104 cm³/mol. The molecule has 1 aliphatic carbocycles. The van der Waals surface area contributed by atoms with Crippen molar-refractivity contribution in [1.29, 1.82) is 5.26 Å². The summed E-state index contributed by atoms with van der Waals surface area (Å²) < 4.78 is 0. The van der Waals surface area contributed by atoms with Gasteiger partial charge in [-0.15, -0.1) is 0 Å². The number of likely N-dealkylation sites (tertiary alicyclic amines) is 1. The van der Waals surface area contributed by atoms with Crippen LogP contribution in [0.4, 0.5) is 0 Å². The zero-order valence-corrected chi connectivity index (χ0v) is 16.4. The molecule has 28 heavy (non-hydrogen) atoms. The first kappa shape index (κ1) is 20.1. The zero-order chi connectivity index (χ0) is 20.1. The molecule has 6 nitrogen and oxygen atoms in total. The quantitative estimate of drug-likeness (QED) is 0.680. The SMILES string of the molecule is CCCN(Cc1ccc(C#N)cc1)C(=O)CCN1C(=O)C2CCCCC2C1=O. The van der Waals surface area contributed by atoms with E-state index in [0.29, 0.717) is 18.7 Å². The van der Waals surface area contributed by atoms with Gasteiger partial charge >= 0.3 is 0 Å². The number of imide groups is 1. The lowest BCUT2D eigenvalue weighted by Gasteiger charge is -2.23. The van der Waals surface area contributed by atoms with Crippen molar-refractivity contribution in [3.63, 3.8) is 0 Å². The maximum Gasteiger partial charge on any atom is 0.233 e. The number of carbonyl (C=O) groups excluding carboxylic acids is 3. The van der Waals surface area contributed by atoms with E-state index >= 15 is 0 Å². The van der Waals surface area contributed by atoms with Gasteiger partial charge in [0, 0.05) is 26.1 Å². The van der Waals surface area contributed by atoms with Gasteiger partial charge in [-0.25, -0.2) is 0 Å². The van der Waals surface area contributed by atoms with Crippen LogP contribution < -0.4 is 0 Å². The number of hydrogen-bond donors (Lipinski definition) is 0. The van der Waals surface area contributed by atoms with Crippen molar-refractivity contribution in [3.8, 4) is 6.07 Å². The molecule has 2 fully saturated rings. The molecule has 3 rings (SSSR count). The fourth-order valence-corrected chi connectivity index (χ4v) is 4.28. The van der Waals surface area contributed by atoms with Crippen molar-refractivity contribution < 1.29 is 14.4 Å². The number of amides is 3. The Labute approximate surface area is 166 Å². The van der Waals surface area contributed by atoms with Gasteiger partial charge in [0.25, 0.3) is 0 Å². The second-order valence-corrected chi connectivity index (χ2v) is 7.70. The van der Waals surface area contributed by atoms with E-state index in [1.165, 1.54) is 4.90 Å². The van der Waals surface area contributed by atoms with Crippen LogP contribution >= 0.6 is 0 Å². The summed E-state index contributed by atoms with van der Waals surface area (Å²) in [5.74, 6) is -0.557. The second kappa shape index (κ2) is 9.01. The maximum absolute atomic E-state index is 12.8. The molecule has 0 N–H and O–H groups in total. The minimum Gasteiger partial charge on any atom is -0.338 e. The van der Waals surface area contributed by atoms with Gasteiger partial charge in [0.2, 0.25) is 17.7 Å². The van der Waals surface area contributed by atoms with Gasteiger partial charge < -0.3 is 4.90 Å². The van der Waals surface area contributed by atoms with Gasteiger partial charge in [-0.3, -0.25) is 19.3 Å². The highest BCUT2D eigenvalue weighted by atomic mass is 16.2. The first-order valence-electron chi connectivity index (χ1n) is 10.2. The molecule has 3 amide bonds. The van der Waals surface area contributed by atoms with Crippen LogP contribution in [0, 0.1) is 23.2 Å². The summed E-state index contributed by atoms with van der Waals surface area (Å²) in [5.41, 5.74) is 1.55. The summed E-state index contributed by atoms with van der Waals surface area (Å²) in [6.07, 6.45) is 4.57. The molecule has 1 heterocycles. The van der Waals surface area contributed by atoms with E-state index in [-0.39, 0.29) is 42.5 Å². The van der Waals surface area contributed by atoms with Gasteiger partial charge in [0.05, 0.1) is 23.5 Å². The van der Waals surface area contributed by atoms with Crippen LogP contribution in [0.2, 0.25) is 0 Å². The monoisotopic (exact) mass is 381 g/mol. The third-order valence-corrected chi connectivity index (χ3v) is 5.78. The molecule has 2 aliphatic rings. The van der Waals surface area contributed by atoms with E-state index in [1.807, 2.05) is 19.1 Å². The Morgan fingerprint density at radius 2 is 1.75 bits per heavy atom. The highest BCUT2D eigenvalue weighted by Gasteiger charge is 2.47. The molecule has 1 aromatic rings. The number of nitriles is 1. The molecule has 0 spiro atoms. The minimum atomic E-state index is -0.165. The normalized spacial score (nSPS) is 21.4. The highest BCUT2D eigenvalue weighted by Crippen LogP contribution is 2.38. The molecule has 0 bridgehead atoms. The molecule has 2 unspecified atom stereocenters. The van der Waals surface area contributed by atoms with Crippen molar-refractivity contribution in [2.75, 3.05) is 13.1 Å². The van der Waals surface area contributed by atoms with E-state index < -0.39 is 0 Å². The smallest absolute Gasteiger partial charge is 0.233 e. The van der Waals surface area contributed by atoms with Crippen LogP contribution in [0.3, 0.4) is 0 Å². The molecule has 1 aliphatic heterocycles. The molecule has 6 heteroatoms. The van der Waals surface area contributed by atoms with Gasteiger partial charge in [-0.2, -0.15) is 5.26 Å². The summed E-state index contributed by atoms with van der Waals surface area (Å²) in [6, 6.07) is 9.28. The molecule has 2 atom stereocenters. The van der Waals surface area contributed by atoms with Crippen LogP contribution in [-0.2, 0) is 20.9 Å². The average Bonchev–Trinajstić information content (AvgIpc) is 2.97. The van der Waals surface area contributed by atoms with E-state index in [2.05, 4.69) is 6.07 Å². The van der Waals surface area contributed by atoms with Gasteiger partial charge in [-0.1, -0.05) is 31.9 Å². The Morgan fingerprint density at radius 1 is 1.14 bits per heavy atom. The fourth-order valence-electron chi connectivity index (χ4n) is 4.28. The number of carbonyl (C=O) groups is 3. The van der Waals surface area contributed by atoms with E-state index in [0.717, 1.165) is 37.7 Å². The first-order chi connectivity index (χ1) is 13.5. The molecular weight excluding hydrogens is 354 g/mol. The molecule has 1 saturated heterocycles. The maximum atomic E-state index is 12.8. The van der Waals surface area contributed by atoms with Crippen LogP contribution in [0.1, 0.15) is 56.6 Å². The zero-order valence-electron chi connectivity index (χ0n) is 16.4. The topological polar surface area (TPSA) is 81.5 Å².